The van der Waals surface area contributed by atoms with Crippen LogP contribution in [-0.4, -0.2) is 27.5 Å². The molecule has 2 heterocycles. The highest BCUT2D eigenvalue weighted by Gasteiger charge is 2.31. The minimum Gasteiger partial charge on any atom is -0.348 e. The Bertz CT molecular complexity index is 804. The van der Waals surface area contributed by atoms with Gasteiger partial charge in [-0.1, -0.05) is 15.9 Å². The van der Waals surface area contributed by atoms with Crippen molar-refractivity contribution in [1.82, 2.24) is 9.97 Å². The lowest BCUT2D eigenvalue weighted by atomic mass is 10.0. The predicted molar refractivity (Wildman–Crippen MR) is 96.7 cm³/mol. The summed E-state index contributed by atoms with van der Waals surface area (Å²) in [6.45, 7) is 2.72. The zero-order chi connectivity index (χ0) is 18.0. The van der Waals surface area contributed by atoms with Crippen LogP contribution in [0.15, 0.2) is 29.0 Å². The van der Waals surface area contributed by atoms with Crippen molar-refractivity contribution in [2.45, 2.75) is 32.2 Å². The lowest BCUT2D eigenvalue weighted by molar-refractivity contribution is -0.383. The highest BCUT2D eigenvalue weighted by atomic mass is 79.9. The lowest BCUT2D eigenvalue weighted by Crippen LogP contribution is -2.38. The number of rotatable bonds is 4. The van der Waals surface area contributed by atoms with Gasteiger partial charge in [0.05, 0.1) is 10.6 Å². The SMILES string of the molecule is CC1CCCCN1c1ncnc(Nc2ccc(Br)cc2F)c1[N+](=O)[O-]. The van der Waals surface area contributed by atoms with E-state index in [-0.39, 0.29) is 29.1 Å². The van der Waals surface area contributed by atoms with Crippen LogP contribution >= 0.6 is 15.9 Å². The summed E-state index contributed by atoms with van der Waals surface area (Å²) in [5.74, 6) is -0.281. The van der Waals surface area contributed by atoms with Gasteiger partial charge in [0, 0.05) is 17.1 Å². The van der Waals surface area contributed by atoms with E-state index < -0.39 is 10.7 Å². The number of hydrogen-bond donors (Lipinski definition) is 1. The molecule has 1 unspecified atom stereocenters. The van der Waals surface area contributed by atoms with Crippen LogP contribution in [0, 0.1) is 15.9 Å². The molecule has 0 aliphatic carbocycles. The van der Waals surface area contributed by atoms with Crippen LogP contribution in [0.4, 0.5) is 27.4 Å². The second kappa shape index (κ2) is 7.30. The van der Waals surface area contributed by atoms with Gasteiger partial charge in [-0.2, -0.15) is 0 Å². The molecule has 1 fully saturated rings. The highest BCUT2D eigenvalue weighted by molar-refractivity contribution is 9.10. The van der Waals surface area contributed by atoms with E-state index in [0.717, 1.165) is 19.3 Å². The number of aromatic nitrogens is 2. The summed E-state index contributed by atoms with van der Waals surface area (Å²) in [5.41, 5.74) is -0.124. The van der Waals surface area contributed by atoms with Gasteiger partial charge >= 0.3 is 5.69 Å². The standard InChI is InChI=1S/C16H17BrFN5O2/c1-10-4-2-3-7-22(10)16-14(23(24)25)15(19-9-20-16)21-13-6-5-11(17)8-12(13)18/h5-6,8-10H,2-4,7H2,1H3,(H,19,20,21). The maximum absolute atomic E-state index is 14.1. The third-order valence-electron chi connectivity index (χ3n) is 4.24. The Morgan fingerprint density at radius 3 is 2.88 bits per heavy atom. The third-order valence-corrected chi connectivity index (χ3v) is 4.74. The molecule has 0 bridgehead atoms. The van der Waals surface area contributed by atoms with E-state index in [1.807, 2.05) is 11.8 Å². The van der Waals surface area contributed by atoms with Crippen LogP contribution in [0.2, 0.25) is 0 Å². The molecule has 1 aliphatic heterocycles. The van der Waals surface area contributed by atoms with E-state index in [4.69, 9.17) is 0 Å². The Balaban J connectivity index is 2.02. The maximum atomic E-state index is 14.1. The average Bonchev–Trinajstić information content (AvgIpc) is 2.57. The fraction of sp³-hybridized carbons (Fsp3) is 0.375. The molecule has 2 aromatic rings. The molecule has 7 nitrogen and oxygen atoms in total. The molecule has 0 radical (unpaired) electrons. The first-order valence-electron chi connectivity index (χ1n) is 7.95. The molecular weight excluding hydrogens is 393 g/mol. The first-order valence-corrected chi connectivity index (χ1v) is 8.74. The number of hydrogen-bond acceptors (Lipinski definition) is 6. The molecule has 1 aliphatic rings. The highest BCUT2D eigenvalue weighted by Crippen LogP contribution is 2.36. The van der Waals surface area contributed by atoms with Gasteiger partial charge in [0.25, 0.3) is 0 Å². The Morgan fingerprint density at radius 2 is 2.20 bits per heavy atom. The van der Waals surface area contributed by atoms with Gasteiger partial charge in [0.1, 0.15) is 12.1 Å². The number of piperidine rings is 1. The summed E-state index contributed by atoms with van der Waals surface area (Å²) in [5, 5.41) is 14.4. The van der Waals surface area contributed by atoms with Crippen LogP contribution in [0.1, 0.15) is 26.2 Å². The summed E-state index contributed by atoms with van der Waals surface area (Å²) in [4.78, 5) is 21.2. The van der Waals surface area contributed by atoms with E-state index in [1.54, 1.807) is 6.07 Å². The van der Waals surface area contributed by atoms with Gasteiger partial charge in [0.15, 0.2) is 0 Å². The second-order valence-electron chi connectivity index (χ2n) is 5.94. The zero-order valence-corrected chi connectivity index (χ0v) is 15.2. The Labute approximate surface area is 152 Å². The van der Waals surface area contributed by atoms with Crippen molar-refractivity contribution in [3.63, 3.8) is 0 Å². The van der Waals surface area contributed by atoms with Crippen molar-refractivity contribution < 1.29 is 9.31 Å². The van der Waals surface area contributed by atoms with Crippen molar-refractivity contribution in [1.29, 1.82) is 0 Å². The molecule has 1 aromatic heterocycles. The Hall–Kier alpha value is -2.29. The fourth-order valence-corrected chi connectivity index (χ4v) is 3.30. The first-order chi connectivity index (χ1) is 12.0. The Morgan fingerprint density at radius 1 is 1.40 bits per heavy atom. The number of halogens is 2. The van der Waals surface area contributed by atoms with Gasteiger partial charge < -0.3 is 10.2 Å². The minimum atomic E-state index is -0.532. The number of benzene rings is 1. The Kier molecular flexibility index (Phi) is 5.12. The fourth-order valence-electron chi connectivity index (χ4n) is 2.97. The molecule has 25 heavy (non-hydrogen) atoms. The average molecular weight is 410 g/mol. The van der Waals surface area contributed by atoms with Crippen molar-refractivity contribution in [3.8, 4) is 0 Å². The largest absolute Gasteiger partial charge is 0.353 e. The number of nitrogens with one attached hydrogen (secondary N) is 1. The van der Waals surface area contributed by atoms with Gasteiger partial charge in [-0.25, -0.2) is 14.4 Å². The predicted octanol–water partition coefficient (Wildman–Crippen LogP) is 4.41. The third kappa shape index (κ3) is 3.71. The quantitative estimate of drug-likeness (QED) is 0.594. The topological polar surface area (TPSA) is 84.2 Å². The number of anilines is 3. The molecule has 9 heteroatoms. The summed E-state index contributed by atoms with van der Waals surface area (Å²) in [6, 6.07) is 4.57. The van der Waals surface area contributed by atoms with Crippen molar-refractivity contribution in [3.05, 3.63) is 44.9 Å². The first kappa shape index (κ1) is 17.5. The lowest BCUT2D eigenvalue weighted by Gasteiger charge is -2.33. The van der Waals surface area contributed by atoms with Crippen molar-refractivity contribution >= 4 is 38.9 Å². The van der Waals surface area contributed by atoms with Crippen LogP contribution in [0.25, 0.3) is 0 Å². The summed E-state index contributed by atoms with van der Waals surface area (Å²) in [7, 11) is 0. The molecule has 1 N–H and O–H groups in total. The molecule has 0 amide bonds. The number of nitrogens with zero attached hydrogens (tertiary/aromatic N) is 4. The minimum absolute atomic E-state index is 0.0194. The van der Waals surface area contributed by atoms with E-state index in [1.165, 1.54) is 18.5 Å². The maximum Gasteiger partial charge on any atom is 0.353 e. The summed E-state index contributed by atoms with van der Waals surface area (Å²) >= 11 is 3.18. The summed E-state index contributed by atoms with van der Waals surface area (Å²) < 4.78 is 14.6. The molecule has 1 atom stereocenters. The van der Waals surface area contributed by atoms with Crippen LogP contribution in [-0.2, 0) is 0 Å². The van der Waals surface area contributed by atoms with E-state index in [0.29, 0.717) is 11.0 Å². The number of nitro groups is 1. The molecule has 0 saturated carbocycles. The molecule has 0 spiro atoms. The van der Waals surface area contributed by atoms with E-state index in [2.05, 4.69) is 31.2 Å². The van der Waals surface area contributed by atoms with Crippen LogP contribution < -0.4 is 10.2 Å². The molecule has 1 saturated heterocycles. The van der Waals surface area contributed by atoms with E-state index >= 15 is 0 Å². The molecular formula is C16H17BrFN5O2. The van der Waals surface area contributed by atoms with Crippen LogP contribution in [0.3, 0.4) is 0 Å². The van der Waals surface area contributed by atoms with Crippen molar-refractivity contribution in [2.75, 3.05) is 16.8 Å². The van der Waals surface area contributed by atoms with E-state index in [9.17, 15) is 14.5 Å². The van der Waals surface area contributed by atoms with Gasteiger partial charge in [-0.05, 0) is 44.4 Å². The van der Waals surface area contributed by atoms with Crippen LogP contribution in [0.5, 0.6) is 0 Å². The monoisotopic (exact) mass is 409 g/mol. The smallest absolute Gasteiger partial charge is 0.348 e. The van der Waals surface area contributed by atoms with Gasteiger partial charge in [0.2, 0.25) is 11.6 Å². The van der Waals surface area contributed by atoms with Gasteiger partial charge in [-0.3, -0.25) is 10.1 Å². The van der Waals surface area contributed by atoms with Crippen molar-refractivity contribution in [2.24, 2.45) is 0 Å². The molecule has 3 rings (SSSR count). The molecule has 132 valence electrons. The zero-order valence-electron chi connectivity index (χ0n) is 13.6. The molecule has 1 aromatic carbocycles. The van der Waals surface area contributed by atoms with Gasteiger partial charge in [-0.15, -0.1) is 0 Å². The normalized spacial score (nSPS) is 17.4. The summed E-state index contributed by atoms with van der Waals surface area (Å²) in [6.07, 6.45) is 4.26. The second-order valence-corrected chi connectivity index (χ2v) is 6.85.